The number of aryl methyl sites for hydroxylation is 2. The molecular formula is C10H16N6. The molecule has 2 N–H and O–H groups in total. The highest BCUT2D eigenvalue weighted by Crippen LogP contribution is 2.15. The van der Waals surface area contributed by atoms with Crippen LogP contribution in [0, 0.1) is 0 Å². The Morgan fingerprint density at radius 1 is 1.56 bits per heavy atom. The molecule has 2 heterocycles. The summed E-state index contributed by atoms with van der Waals surface area (Å²) in [6.45, 7) is 0. The molecule has 0 aromatic carbocycles. The van der Waals surface area contributed by atoms with Crippen LogP contribution in [0.1, 0.15) is 23.9 Å². The van der Waals surface area contributed by atoms with Gasteiger partial charge in [0.15, 0.2) is 0 Å². The largest absolute Gasteiger partial charge is 0.312 e. The lowest BCUT2D eigenvalue weighted by molar-refractivity contribution is 0.523. The number of hydrogen-bond donors (Lipinski definition) is 2. The first-order valence-electron chi connectivity index (χ1n) is 5.31. The van der Waals surface area contributed by atoms with Crippen molar-refractivity contribution in [3.8, 4) is 0 Å². The van der Waals surface area contributed by atoms with E-state index >= 15 is 0 Å². The highest BCUT2D eigenvalue weighted by molar-refractivity contribution is 5.04. The topological polar surface area (TPSA) is 71.4 Å². The summed E-state index contributed by atoms with van der Waals surface area (Å²) < 4.78 is 1.90. The lowest BCUT2D eigenvalue weighted by Crippen LogP contribution is -2.18. The Balaban J connectivity index is 1.96. The van der Waals surface area contributed by atoms with Crippen molar-refractivity contribution in [3.63, 3.8) is 0 Å². The zero-order valence-electron chi connectivity index (χ0n) is 9.51. The summed E-state index contributed by atoms with van der Waals surface area (Å²) in [7, 11) is 3.89. The fourth-order valence-corrected chi connectivity index (χ4v) is 1.76. The van der Waals surface area contributed by atoms with Crippen LogP contribution in [0.15, 0.2) is 18.5 Å². The van der Waals surface area contributed by atoms with Gasteiger partial charge in [-0.15, -0.1) is 0 Å². The fourth-order valence-electron chi connectivity index (χ4n) is 1.76. The average molecular weight is 220 g/mol. The number of nitrogens with one attached hydrogen (secondary N) is 2. The van der Waals surface area contributed by atoms with Gasteiger partial charge in [0.25, 0.3) is 0 Å². The minimum absolute atomic E-state index is 0.230. The van der Waals surface area contributed by atoms with Crippen LogP contribution in [0.2, 0.25) is 0 Å². The van der Waals surface area contributed by atoms with E-state index in [1.54, 1.807) is 6.20 Å². The molecule has 86 valence electrons. The Labute approximate surface area is 94.1 Å². The van der Waals surface area contributed by atoms with Gasteiger partial charge in [-0.05, 0) is 26.0 Å². The monoisotopic (exact) mass is 220 g/mol. The summed E-state index contributed by atoms with van der Waals surface area (Å²) in [5.41, 5.74) is 2.17. The summed E-state index contributed by atoms with van der Waals surface area (Å²) in [6.07, 6.45) is 5.52. The standard InChI is InChI=1S/C10H16N6/c1-11-9(10-7-12-15-14-10)4-3-8-5-6-13-16(8)2/h5-7,9,11H,3-4H2,1-2H3,(H,12,14,15). The van der Waals surface area contributed by atoms with E-state index in [0.29, 0.717) is 0 Å². The summed E-state index contributed by atoms with van der Waals surface area (Å²) in [5.74, 6) is 0. The third-order valence-corrected chi connectivity index (χ3v) is 2.75. The molecule has 2 rings (SSSR count). The molecule has 0 aliphatic carbocycles. The SMILES string of the molecule is CNC(CCc1ccnn1C)c1cn[nH]n1. The average Bonchev–Trinajstić information content (AvgIpc) is 2.92. The number of H-pyrrole nitrogens is 1. The van der Waals surface area contributed by atoms with Crippen LogP contribution in [-0.4, -0.2) is 32.2 Å². The number of rotatable bonds is 5. The van der Waals surface area contributed by atoms with Crippen molar-refractivity contribution in [2.45, 2.75) is 18.9 Å². The molecule has 6 nitrogen and oxygen atoms in total. The van der Waals surface area contributed by atoms with E-state index in [2.05, 4.69) is 25.8 Å². The number of aromatic nitrogens is 5. The van der Waals surface area contributed by atoms with Crippen LogP contribution in [-0.2, 0) is 13.5 Å². The van der Waals surface area contributed by atoms with Crippen molar-refractivity contribution in [3.05, 3.63) is 29.8 Å². The van der Waals surface area contributed by atoms with Gasteiger partial charge in [0, 0.05) is 18.9 Å². The van der Waals surface area contributed by atoms with Crippen molar-refractivity contribution in [1.82, 2.24) is 30.5 Å². The van der Waals surface area contributed by atoms with Crippen molar-refractivity contribution < 1.29 is 0 Å². The predicted octanol–water partition coefficient (Wildman–Crippen LogP) is 0.431. The maximum Gasteiger partial charge on any atom is 0.0993 e. The second kappa shape index (κ2) is 4.89. The second-order valence-electron chi connectivity index (χ2n) is 3.72. The molecular weight excluding hydrogens is 204 g/mol. The minimum atomic E-state index is 0.230. The lowest BCUT2D eigenvalue weighted by atomic mass is 10.1. The first-order chi connectivity index (χ1) is 7.81. The van der Waals surface area contributed by atoms with Crippen LogP contribution < -0.4 is 5.32 Å². The van der Waals surface area contributed by atoms with E-state index in [0.717, 1.165) is 18.5 Å². The summed E-state index contributed by atoms with van der Waals surface area (Å²) in [6, 6.07) is 2.27. The minimum Gasteiger partial charge on any atom is -0.312 e. The van der Waals surface area contributed by atoms with Gasteiger partial charge in [-0.1, -0.05) is 0 Å². The maximum absolute atomic E-state index is 4.15. The lowest BCUT2D eigenvalue weighted by Gasteiger charge is -2.12. The Morgan fingerprint density at radius 3 is 3.00 bits per heavy atom. The van der Waals surface area contributed by atoms with Crippen molar-refractivity contribution in [2.75, 3.05) is 7.05 Å². The molecule has 0 fully saturated rings. The number of aromatic amines is 1. The number of hydrogen-bond acceptors (Lipinski definition) is 4. The van der Waals surface area contributed by atoms with Crippen molar-refractivity contribution in [1.29, 1.82) is 0 Å². The van der Waals surface area contributed by atoms with E-state index in [-0.39, 0.29) is 6.04 Å². The smallest absolute Gasteiger partial charge is 0.0993 e. The Bertz CT molecular complexity index is 418. The van der Waals surface area contributed by atoms with Gasteiger partial charge in [0.05, 0.1) is 17.9 Å². The van der Waals surface area contributed by atoms with Crippen LogP contribution in [0.25, 0.3) is 0 Å². The molecule has 16 heavy (non-hydrogen) atoms. The Kier molecular flexibility index (Phi) is 3.31. The molecule has 2 aromatic rings. The first kappa shape index (κ1) is 10.8. The van der Waals surface area contributed by atoms with Gasteiger partial charge in [0.2, 0.25) is 0 Å². The molecule has 1 unspecified atom stereocenters. The molecule has 0 aliphatic rings. The summed E-state index contributed by atoms with van der Waals surface area (Å²) in [5, 5.41) is 17.9. The molecule has 2 aromatic heterocycles. The van der Waals surface area contributed by atoms with Gasteiger partial charge < -0.3 is 5.32 Å². The summed E-state index contributed by atoms with van der Waals surface area (Å²) >= 11 is 0. The molecule has 0 radical (unpaired) electrons. The zero-order chi connectivity index (χ0) is 11.4. The van der Waals surface area contributed by atoms with Crippen LogP contribution >= 0.6 is 0 Å². The predicted molar refractivity (Wildman–Crippen MR) is 59.7 cm³/mol. The van der Waals surface area contributed by atoms with Gasteiger partial charge in [-0.2, -0.15) is 20.5 Å². The first-order valence-corrected chi connectivity index (χ1v) is 5.31. The molecule has 0 spiro atoms. The second-order valence-corrected chi connectivity index (χ2v) is 3.72. The molecule has 1 atom stereocenters. The van der Waals surface area contributed by atoms with E-state index < -0.39 is 0 Å². The van der Waals surface area contributed by atoms with Crippen molar-refractivity contribution in [2.24, 2.45) is 7.05 Å². The molecule has 0 bridgehead atoms. The van der Waals surface area contributed by atoms with Crippen LogP contribution in [0.3, 0.4) is 0 Å². The highest BCUT2D eigenvalue weighted by Gasteiger charge is 2.12. The van der Waals surface area contributed by atoms with Gasteiger partial charge in [-0.3, -0.25) is 4.68 Å². The normalized spacial score (nSPS) is 12.9. The van der Waals surface area contributed by atoms with Crippen LogP contribution in [0.5, 0.6) is 0 Å². The van der Waals surface area contributed by atoms with E-state index in [1.807, 2.05) is 31.0 Å². The quantitative estimate of drug-likeness (QED) is 0.766. The maximum atomic E-state index is 4.15. The van der Waals surface area contributed by atoms with Crippen LogP contribution in [0.4, 0.5) is 0 Å². The van der Waals surface area contributed by atoms with E-state index in [1.165, 1.54) is 5.69 Å². The molecule has 0 saturated heterocycles. The zero-order valence-corrected chi connectivity index (χ0v) is 9.51. The Hall–Kier alpha value is -1.69. The fraction of sp³-hybridized carbons (Fsp3) is 0.500. The highest BCUT2D eigenvalue weighted by atomic mass is 15.3. The molecule has 6 heteroatoms. The van der Waals surface area contributed by atoms with Crippen molar-refractivity contribution >= 4 is 0 Å². The molecule has 0 saturated carbocycles. The molecule has 0 amide bonds. The third kappa shape index (κ3) is 2.27. The van der Waals surface area contributed by atoms with Gasteiger partial charge >= 0.3 is 0 Å². The van der Waals surface area contributed by atoms with Gasteiger partial charge in [0.1, 0.15) is 0 Å². The third-order valence-electron chi connectivity index (χ3n) is 2.75. The summed E-state index contributed by atoms with van der Waals surface area (Å²) in [4.78, 5) is 0. The van der Waals surface area contributed by atoms with E-state index in [4.69, 9.17) is 0 Å². The Morgan fingerprint density at radius 2 is 2.44 bits per heavy atom. The molecule has 0 aliphatic heterocycles. The van der Waals surface area contributed by atoms with E-state index in [9.17, 15) is 0 Å². The van der Waals surface area contributed by atoms with Gasteiger partial charge in [-0.25, -0.2) is 0 Å². The number of nitrogens with zero attached hydrogens (tertiary/aromatic N) is 4.